The molecule has 0 spiro atoms. The van der Waals surface area contributed by atoms with Gasteiger partial charge in [-0.05, 0) is 18.8 Å². The summed E-state index contributed by atoms with van der Waals surface area (Å²) in [7, 11) is -2.95. The van der Waals surface area contributed by atoms with E-state index in [1.165, 1.54) is 0 Å². The zero-order valence-corrected chi connectivity index (χ0v) is 10.2. The summed E-state index contributed by atoms with van der Waals surface area (Å²) in [5, 5.41) is 8.59. The summed E-state index contributed by atoms with van der Waals surface area (Å²) in [6.45, 7) is 3.54. The average Bonchev–Trinajstić information content (AvgIpc) is 2.39. The van der Waals surface area contributed by atoms with Crippen LogP contribution in [-0.2, 0) is 10.0 Å². The number of hydrogen-bond acceptors (Lipinski definition) is 3. The minimum Gasteiger partial charge on any atom is -0.396 e. The van der Waals surface area contributed by atoms with Gasteiger partial charge in [-0.15, -0.1) is 0 Å². The number of aliphatic hydroxyl groups is 1. The van der Waals surface area contributed by atoms with Gasteiger partial charge in [-0.2, -0.15) is 0 Å². The highest BCUT2D eigenvalue weighted by molar-refractivity contribution is 7.89. The summed E-state index contributed by atoms with van der Waals surface area (Å²) in [4.78, 5) is 0. The van der Waals surface area contributed by atoms with E-state index in [0.29, 0.717) is 18.8 Å². The van der Waals surface area contributed by atoms with Crippen LogP contribution >= 0.6 is 0 Å². The minimum atomic E-state index is -2.95. The summed E-state index contributed by atoms with van der Waals surface area (Å²) >= 11 is 0. The maximum atomic E-state index is 11.6. The summed E-state index contributed by atoms with van der Waals surface area (Å²) in [6, 6.07) is 0. The Morgan fingerprint density at radius 1 is 1.27 bits per heavy atom. The number of rotatable bonds is 6. The van der Waals surface area contributed by atoms with Gasteiger partial charge in [0.1, 0.15) is 0 Å². The second kappa shape index (κ2) is 5.82. The molecule has 1 atom stereocenters. The fourth-order valence-electron chi connectivity index (χ4n) is 1.96. The third kappa shape index (κ3) is 4.09. The van der Waals surface area contributed by atoms with Crippen molar-refractivity contribution in [1.82, 2.24) is 4.31 Å². The molecule has 4 nitrogen and oxygen atoms in total. The smallest absolute Gasteiger partial charge is 0.214 e. The van der Waals surface area contributed by atoms with E-state index in [9.17, 15) is 8.42 Å². The summed E-state index contributed by atoms with van der Waals surface area (Å²) in [5.74, 6) is 0.580. The molecule has 90 valence electrons. The molecule has 0 aromatic heterocycles. The van der Waals surface area contributed by atoms with Gasteiger partial charge < -0.3 is 5.11 Å². The van der Waals surface area contributed by atoms with Gasteiger partial charge in [0, 0.05) is 19.7 Å². The molecule has 0 aromatic rings. The maximum absolute atomic E-state index is 11.6. The van der Waals surface area contributed by atoms with Gasteiger partial charge in [0.2, 0.25) is 10.0 Å². The molecule has 1 saturated heterocycles. The molecule has 1 unspecified atom stereocenters. The van der Waals surface area contributed by atoms with E-state index in [4.69, 9.17) is 5.11 Å². The number of aliphatic hydroxyl groups excluding tert-OH is 1. The van der Waals surface area contributed by atoms with Gasteiger partial charge in [0.15, 0.2) is 0 Å². The minimum absolute atomic E-state index is 0.235. The fraction of sp³-hybridized carbons (Fsp3) is 1.00. The molecule has 5 heteroatoms. The first-order valence-corrected chi connectivity index (χ1v) is 7.26. The molecule has 0 saturated carbocycles. The zero-order chi connectivity index (χ0) is 11.3. The molecule has 0 radical (unpaired) electrons. The van der Waals surface area contributed by atoms with Crippen LogP contribution in [0.4, 0.5) is 0 Å². The number of unbranched alkanes of at least 4 members (excludes halogenated alkanes) is 3. The van der Waals surface area contributed by atoms with Crippen molar-refractivity contribution in [2.75, 3.05) is 25.4 Å². The van der Waals surface area contributed by atoms with E-state index in [0.717, 1.165) is 25.7 Å². The lowest BCUT2D eigenvalue weighted by Crippen LogP contribution is -2.26. The van der Waals surface area contributed by atoms with E-state index in [1.54, 1.807) is 4.31 Å². The molecule has 0 amide bonds. The van der Waals surface area contributed by atoms with Gasteiger partial charge >= 0.3 is 0 Å². The quantitative estimate of drug-likeness (QED) is 0.693. The van der Waals surface area contributed by atoms with Crippen LogP contribution in [0.15, 0.2) is 0 Å². The summed E-state index contributed by atoms with van der Waals surface area (Å²) < 4.78 is 24.8. The highest BCUT2D eigenvalue weighted by atomic mass is 32.2. The summed E-state index contributed by atoms with van der Waals surface area (Å²) in [5.41, 5.74) is 0. The maximum Gasteiger partial charge on any atom is 0.214 e. The largest absolute Gasteiger partial charge is 0.396 e. The fourth-order valence-corrected chi connectivity index (χ4v) is 3.89. The van der Waals surface area contributed by atoms with Crippen molar-refractivity contribution in [3.8, 4) is 0 Å². The number of nitrogens with zero attached hydrogens (tertiary/aromatic N) is 1. The highest BCUT2D eigenvalue weighted by Crippen LogP contribution is 2.19. The van der Waals surface area contributed by atoms with Crippen LogP contribution < -0.4 is 0 Å². The lowest BCUT2D eigenvalue weighted by atomic mass is 10.2. The SMILES string of the molecule is CC1CN(CCCCCCO)S(=O)(=O)C1. The van der Waals surface area contributed by atoms with Gasteiger partial charge in [0.25, 0.3) is 0 Å². The first kappa shape index (κ1) is 12.9. The van der Waals surface area contributed by atoms with E-state index in [1.807, 2.05) is 6.92 Å². The first-order chi connectivity index (χ1) is 7.06. The monoisotopic (exact) mass is 235 g/mol. The third-order valence-electron chi connectivity index (χ3n) is 2.72. The van der Waals surface area contributed by atoms with Crippen molar-refractivity contribution < 1.29 is 13.5 Å². The third-order valence-corrected chi connectivity index (χ3v) is 4.83. The Morgan fingerprint density at radius 2 is 1.93 bits per heavy atom. The van der Waals surface area contributed by atoms with Crippen molar-refractivity contribution in [2.24, 2.45) is 5.92 Å². The Balaban J connectivity index is 2.21. The Bertz CT molecular complexity index is 276. The van der Waals surface area contributed by atoms with Crippen molar-refractivity contribution in [3.63, 3.8) is 0 Å². The van der Waals surface area contributed by atoms with Crippen LogP contribution in [0.5, 0.6) is 0 Å². The van der Waals surface area contributed by atoms with Crippen LogP contribution in [0.2, 0.25) is 0 Å². The highest BCUT2D eigenvalue weighted by Gasteiger charge is 2.32. The van der Waals surface area contributed by atoms with E-state index >= 15 is 0 Å². The molecule has 1 aliphatic heterocycles. The molecule has 0 aromatic carbocycles. The van der Waals surface area contributed by atoms with Crippen molar-refractivity contribution >= 4 is 10.0 Å². The first-order valence-electron chi connectivity index (χ1n) is 5.65. The molecule has 1 aliphatic rings. The van der Waals surface area contributed by atoms with Gasteiger partial charge in [-0.1, -0.05) is 19.8 Å². The lowest BCUT2D eigenvalue weighted by Gasteiger charge is -2.13. The topological polar surface area (TPSA) is 57.6 Å². The van der Waals surface area contributed by atoms with Gasteiger partial charge in [-0.25, -0.2) is 12.7 Å². The molecule has 1 fully saturated rings. The Kier molecular flexibility index (Phi) is 5.02. The Hall–Kier alpha value is -0.130. The molecular weight excluding hydrogens is 214 g/mol. The van der Waals surface area contributed by atoms with Crippen molar-refractivity contribution in [2.45, 2.75) is 32.6 Å². The van der Waals surface area contributed by atoms with Crippen LogP contribution in [0.1, 0.15) is 32.6 Å². The van der Waals surface area contributed by atoms with Gasteiger partial charge in [0.05, 0.1) is 5.75 Å². The van der Waals surface area contributed by atoms with Crippen molar-refractivity contribution in [3.05, 3.63) is 0 Å². The molecule has 15 heavy (non-hydrogen) atoms. The molecular formula is C10H21NO3S. The number of sulfonamides is 1. The molecule has 1 N–H and O–H groups in total. The second-order valence-corrected chi connectivity index (χ2v) is 6.39. The molecule has 1 heterocycles. The second-order valence-electron chi connectivity index (χ2n) is 4.38. The van der Waals surface area contributed by atoms with Crippen LogP contribution in [-0.4, -0.2) is 43.3 Å². The van der Waals surface area contributed by atoms with Gasteiger partial charge in [-0.3, -0.25) is 0 Å². The van der Waals surface area contributed by atoms with Crippen molar-refractivity contribution in [1.29, 1.82) is 0 Å². The standard InChI is InChI=1S/C10H21NO3S/c1-10-8-11(15(13,14)9-10)6-4-2-3-5-7-12/h10,12H,2-9H2,1H3. The predicted molar refractivity (Wildman–Crippen MR) is 60.1 cm³/mol. The van der Waals surface area contributed by atoms with E-state index < -0.39 is 10.0 Å². The molecule has 0 aliphatic carbocycles. The normalized spacial score (nSPS) is 25.9. The van der Waals surface area contributed by atoms with Crippen LogP contribution in [0, 0.1) is 5.92 Å². The summed E-state index contributed by atoms with van der Waals surface area (Å²) in [6.07, 6.45) is 3.72. The Morgan fingerprint density at radius 3 is 2.47 bits per heavy atom. The predicted octanol–water partition coefficient (Wildman–Crippen LogP) is 0.821. The molecule has 0 bridgehead atoms. The zero-order valence-electron chi connectivity index (χ0n) is 9.35. The van der Waals surface area contributed by atoms with E-state index in [-0.39, 0.29) is 12.5 Å². The van der Waals surface area contributed by atoms with E-state index in [2.05, 4.69) is 0 Å². The van der Waals surface area contributed by atoms with Crippen LogP contribution in [0.25, 0.3) is 0 Å². The Labute approximate surface area is 92.3 Å². The number of hydrogen-bond donors (Lipinski definition) is 1. The average molecular weight is 235 g/mol. The molecule has 1 rings (SSSR count). The lowest BCUT2D eigenvalue weighted by molar-refractivity contribution is 0.281. The van der Waals surface area contributed by atoms with Crippen LogP contribution in [0.3, 0.4) is 0 Å².